The van der Waals surface area contributed by atoms with E-state index in [9.17, 15) is 13.2 Å². The largest absolute Gasteiger partial charge is 0.480 e. The first-order valence-corrected chi connectivity index (χ1v) is 6.90. The summed E-state index contributed by atoms with van der Waals surface area (Å²) in [7, 11) is -3.81. The van der Waals surface area contributed by atoms with Crippen LogP contribution in [0.5, 0.6) is 0 Å². The molecule has 1 aromatic heterocycles. The van der Waals surface area contributed by atoms with Gasteiger partial charge in [-0.25, -0.2) is 9.71 Å². The summed E-state index contributed by atoms with van der Waals surface area (Å²) >= 11 is 0. The van der Waals surface area contributed by atoms with Gasteiger partial charge in [-0.3, -0.25) is 4.79 Å². The van der Waals surface area contributed by atoms with Crippen LogP contribution in [0.4, 0.5) is 0 Å². The average Bonchev–Trinajstić information content (AvgIpc) is 2.78. The van der Waals surface area contributed by atoms with E-state index in [4.69, 9.17) is 5.11 Å². The van der Waals surface area contributed by atoms with Crippen molar-refractivity contribution in [3.05, 3.63) is 18.2 Å². The van der Waals surface area contributed by atoms with Gasteiger partial charge in [0, 0.05) is 24.9 Å². The Hall–Kier alpha value is -1.45. The van der Waals surface area contributed by atoms with Crippen LogP contribution in [0.15, 0.2) is 12.5 Å². The minimum Gasteiger partial charge on any atom is -0.480 e. The monoisotopic (exact) mass is 276 g/mol. The Bertz CT molecular complexity index is 471. The third kappa shape index (κ3) is 4.82. The molecule has 0 aliphatic rings. The zero-order chi connectivity index (χ0) is 13.6. The van der Waals surface area contributed by atoms with E-state index in [1.165, 1.54) is 12.5 Å². The fourth-order valence-corrected chi connectivity index (χ4v) is 2.38. The van der Waals surface area contributed by atoms with Crippen LogP contribution in [-0.2, 0) is 21.4 Å². The number of H-pyrrole nitrogens is 1. The molecule has 0 radical (unpaired) electrons. The molecule has 0 saturated heterocycles. The third-order valence-corrected chi connectivity index (χ3v) is 3.30. The van der Waals surface area contributed by atoms with Crippen molar-refractivity contribution in [1.82, 2.24) is 19.4 Å². The van der Waals surface area contributed by atoms with Crippen molar-refractivity contribution in [3.63, 3.8) is 0 Å². The van der Waals surface area contributed by atoms with Gasteiger partial charge in [-0.2, -0.15) is 13.1 Å². The standard InChI is InChI=1S/C9H16N4O4S/c1-2-3-12-18(16,17)13-8(9(14)15)4-7-5-10-6-11-7/h5-6,8,12-13H,2-4H2,1H3,(H,10,11)(H,14,15)/t8-/m1/s1. The Morgan fingerprint density at radius 2 is 2.33 bits per heavy atom. The summed E-state index contributed by atoms with van der Waals surface area (Å²) in [5, 5.41) is 8.97. The van der Waals surface area contributed by atoms with Gasteiger partial charge in [0.05, 0.1) is 6.33 Å². The molecule has 0 bridgehead atoms. The maximum atomic E-state index is 11.5. The number of imidazole rings is 1. The van der Waals surface area contributed by atoms with Gasteiger partial charge in [0.25, 0.3) is 10.2 Å². The van der Waals surface area contributed by atoms with Gasteiger partial charge in [0.1, 0.15) is 6.04 Å². The van der Waals surface area contributed by atoms with Crippen molar-refractivity contribution in [2.24, 2.45) is 0 Å². The van der Waals surface area contributed by atoms with Crippen molar-refractivity contribution >= 4 is 16.2 Å². The lowest BCUT2D eigenvalue weighted by molar-refractivity contribution is -0.138. The summed E-state index contributed by atoms with van der Waals surface area (Å²) in [5.74, 6) is -1.24. The van der Waals surface area contributed by atoms with E-state index in [0.717, 1.165) is 0 Å². The zero-order valence-electron chi connectivity index (χ0n) is 9.88. The number of hydrogen-bond acceptors (Lipinski definition) is 4. The molecule has 1 heterocycles. The van der Waals surface area contributed by atoms with E-state index in [1.807, 2.05) is 6.92 Å². The number of carboxylic acid groups (broad SMARTS) is 1. The second-order valence-electron chi connectivity index (χ2n) is 3.69. The minimum absolute atomic E-state index is 0.00235. The number of carbonyl (C=O) groups is 1. The van der Waals surface area contributed by atoms with E-state index >= 15 is 0 Å². The Morgan fingerprint density at radius 3 is 2.83 bits per heavy atom. The van der Waals surface area contributed by atoms with Crippen LogP contribution in [0.1, 0.15) is 19.0 Å². The molecule has 1 atom stereocenters. The summed E-state index contributed by atoms with van der Waals surface area (Å²) in [6.07, 6.45) is 3.48. The van der Waals surface area contributed by atoms with Gasteiger partial charge in [-0.15, -0.1) is 0 Å². The number of rotatable bonds is 8. The molecule has 18 heavy (non-hydrogen) atoms. The number of nitrogens with one attached hydrogen (secondary N) is 3. The molecule has 0 amide bonds. The normalized spacial score (nSPS) is 13.4. The lowest BCUT2D eigenvalue weighted by atomic mass is 10.2. The highest BCUT2D eigenvalue weighted by atomic mass is 32.2. The second-order valence-corrected chi connectivity index (χ2v) is 5.22. The first kappa shape index (κ1) is 14.6. The van der Waals surface area contributed by atoms with Crippen LogP contribution >= 0.6 is 0 Å². The Kier molecular flexibility index (Phi) is 5.25. The van der Waals surface area contributed by atoms with Gasteiger partial charge in [-0.05, 0) is 6.42 Å². The lowest BCUT2D eigenvalue weighted by Gasteiger charge is -2.14. The Labute approximate surface area is 105 Å². The van der Waals surface area contributed by atoms with Crippen LogP contribution in [-0.4, -0.2) is 42.0 Å². The predicted molar refractivity (Wildman–Crippen MR) is 64.1 cm³/mol. The van der Waals surface area contributed by atoms with Crippen LogP contribution < -0.4 is 9.44 Å². The molecular weight excluding hydrogens is 260 g/mol. The summed E-state index contributed by atoms with van der Waals surface area (Å²) in [6, 6.07) is -1.24. The predicted octanol–water partition coefficient (Wildman–Crippen LogP) is -0.761. The molecule has 0 aliphatic carbocycles. The molecule has 1 rings (SSSR count). The Morgan fingerprint density at radius 1 is 1.61 bits per heavy atom. The highest BCUT2D eigenvalue weighted by Crippen LogP contribution is 2.00. The molecular formula is C9H16N4O4S. The first-order valence-electron chi connectivity index (χ1n) is 5.41. The van der Waals surface area contributed by atoms with E-state index in [0.29, 0.717) is 12.1 Å². The molecule has 9 heteroatoms. The zero-order valence-corrected chi connectivity index (χ0v) is 10.7. The van der Waals surface area contributed by atoms with E-state index < -0.39 is 22.2 Å². The molecule has 0 aliphatic heterocycles. The van der Waals surface area contributed by atoms with E-state index in [2.05, 4.69) is 19.4 Å². The van der Waals surface area contributed by atoms with Crippen LogP contribution in [0.25, 0.3) is 0 Å². The maximum absolute atomic E-state index is 11.5. The number of aromatic nitrogens is 2. The van der Waals surface area contributed by atoms with E-state index in [-0.39, 0.29) is 13.0 Å². The average molecular weight is 276 g/mol. The summed E-state index contributed by atoms with van der Waals surface area (Å²) in [4.78, 5) is 17.4. The van der Waals surface area contributed by atoms with Crippen molar-refractivity contribution in [1.29, 1.82) is 0 Å². The summed E-state index contributed by atoms with van der Waals surface area (Å²) < 4.78 is 27.4. The number of carboxylic acids is 1. The van der Waals surface area contributed by atoms with Crippen molar-refractivity contribution in [2.75, 3.05) is 6.54 Å². The molecule has 0 saturated carbocycles. The summed E-state index contributed by atoms with van der Waals surface area (Å²) in [5.41, 5.74) is 0.542. The van der Waals surface area contributed by atoms with Crippen molar-refractivity contribution in [2.45, 2.75) is 25.8 Å². The molecule has 0 spiro atoms. The number of aromatic amines is 1. The van der Waals surface area contributed by atoms with Crippen LogP contribution in [0.3, 0.4) is 0 Å². The highest BCUT2D eigenvalue weighted by molar-refractivity contribution is 7.87. The van der Waals surface area contributed by atoms with Crippen LogP contribution in [0, 0.1) is 0 Å². The quantitative estimate of drug-likeness (QED) is 0.497. The lowest BCUT2D eigenvalue weighted by Crippen LogP contribution is -2.47. The van der Waals surface area contributed by atoms with Gasteiger partial charge in [-0.1, -0.05) is 6.92 Å². The van der Waals surface area contributed by atoms with E-state index in [1.54, 1.807) is 0 Å². The molecule has 1 aromatic rings. The highest BCUT2D eigenvalue weighted by Gasteiger charge is 2.24. The number of nitrogens with zero attached hydrogens (tertiary/aromatic N) is 1. The molecule has 0 aromatic carbocycles. The number of aliphatic carboxylic acids is 1. The topological polar surface area (TPSA) is 124 Å². The molecule has 0 fully saturated rings. The maximum Gasteiger partial charge on any atom is 0.322 e. The summed E-state index contributed by atoms with van der Waals surface area (Å²) in [6.45, 7) is 2.06. The fourth-order valence-electron chi connectivity index (χ4n) is 1.26. The van der Waals surface area contributed by atoms with Gasteiger partial charge in [0.15, 0.2) is 0 Å². The fraction of sp³-hybridized carbons (Fsp3) is 0.556. The van der Waals surface area contributed by atoms with Crippen LogP contribution in [0.2, 0.25) is 0 Å². The molecule has 4 N–H and O–H groups in total. The van der Waals surface area contributed by atoms with Crippen molar-refractivity contribution < 1.29 is 18.3 Å². The van der Waals surface area contributed by atoms with Gasteiger partial charge >= 0.3 is 5.97 Å². The van der Waals surface area contributed by atoms with Gasteiger partial charge < -0.3 is 10.1 Å². The van der Waals surface area contributed by atoms with Gasteiger partial charge in [0.2, 0.25) is 0 Å². The number of hydrogen-bond donors (Lipinski definition) is 4. The third-order valence-electron chi connectivity index (χ3n) is 2.12. The molecule has 8 nitrogen and oxygen atoms in total. The first-order chi connectivity index (χ1) is 8.44. The SMILES string of the molecule is CCCNS(=O)(=O)N[C@H](Cc1cnc[nH]1)C(=O)O. The second kappa shape index (κ2) is 6.47. The van der Waals surface area contributed by atoms with Crippen molar-refractivity contribution in [3.8, 4) is 0 Å². The Balaban J connectivity index is 2.66. The smallest absolute Gasteiger partial charge is 0.322 e. The minimum atomic E-state index is -3.81. The molecule has 0 unspecified atom stereocenters. The molecule has 102 valence electrons.